The van der Waals surface area contributed by atoms with Crippen LogP contribution in [0.2, 0.25) is 0 Å². The first-order valence-corrected chi connectivity index (χ1v) is 5.31. The second-order valence-electron chi connectivity index (χ2n) is 3.43. The molecule has 0 aromatic heterocycles. The molecule has 0 heterocycles. The maximum Gasteiger partial charge on any atom is 0.144 e. The van der Waals surface area contributed by atoms with Gasteiger partial charge in [0, 0.05) is 0 Å². The van der Waals surface area contributed by atoms with Crippen LogP contribution in [0.25, 0.3) is 0 Å². The average molecular weight is 173 g/mol. The minimum absolute atomic E-state index is 0.219. The lowest BCUT2D eigenvalue weighted by molar-refractivity contribution is 0.402. The molecule has 1 radical (unpaired) electrons. The van der Waals surface area contributed by atoms with Crippen LogP contribution in [0.5, 0.6) is 0 Å². The summed E-state index contributed by atoms with van der Waals surface area (Å²) in [6.07, 6.45) is 8.40. The minimum Gasteiger partial charge on any atom is -0.240 e. The van der Waals surface area contributed by atoms with Crippen molar-refractivity contribution >= 4 is 0 Å². The third-order valence-electron chi connectivity index (χ3n) is 2.10. The zero-order valence-electron chi connectivity index (χ0n) is 8.53. The molecule has 0 unspecified atom stereocenters. The van der Waals surface area contributed by atoms with Gasteiger partial charge in [-0.05, 0) is 12.8 Å². The van der Waals surface area contributed by atoms with Gasteiger partial charge in [0.2, 0.25) is 0 Å². The van der Waals surface area contributed by atoms with Crippen molar-refractivity contribution in [1.29, 1.82) is 0 Å². The predicted octanol–water partition coefficient (Wildman–Crippen LogP) is 4.65. The fourth-order valence-corrected chi connectivity index (χ4v) is 1.26. The molecule has 0 bridgehead atoms. The molecule has 0 rings (SSSR count). The number of hydrogen-bond donors (Lipinski definition) is 0. The Morgan fingerprint density at radius 2 is 1.25 bits per heavy atom. The van der Waals surface area contributed by atoms with Gasteiger partial charge in [-0.2, -0.15) is 0 Å². The van der Waals surface area contributed by atoms with Crippen LogP contribution in [0.15, 0.2) is 0 Å². The van der Waals surface area contributed by atoms with Crippen molar-refractivity contribution < 1.29 is 4.39 Å². The third kappa shape index (κ3) is 8.03. The lowest BCUT2D eigenvalue weighted by Crippen LogP contribution is -1.90. The Hall–Kier alpha value is -0.0700. The molecule has 0 aromatic carbocycles. The Labute approximate surface area is 76.6 Å². The Bertz CT molecular complexity index is 71.1. The smallest absolute Gasteiger partial charge is 0.144 e. The summed E-state index contributed by atoms with van der Waals surface area (Å²) in [7, 11) is 0. The summed E-state index contributed by atoms with van der Waals surface area (Å²) in [5.74, 6) is 0. The van der Waals surface area contributed by atoms with Gasteiger partial charge in [-0.15, -0.1) is 0 Å². The summed E-state index contributed by atoms with van der Waals surface area (Å²) in [5, 5.41) is 0. The zero-order chi connectivity index (χ0) is 9.23. The maximum absolute atomic E-state index is 13.0. The average Bonchev–Trinajstić information content (AvgIpc) is 2.06. The standard InChI is InChI=1S/C11H22F/c1-3-5-7-9-11(12)10-8-6-4-2/h3-10H2,1-2H3. The van der Waals surface area contributed by atoms with Gasteiger partial charge in [0.05, 0.1) is 0 Å². The van der Waals surface area contributed by atoms with Gasteiger partial charge in [-0.25, -0.2) is 4.39 Å². The molecule has 0 N–H and O–H groups in total. The quantitative estimate of drug-likeness (QED) is 0.469. The van der Waals surface area contributed by atoms with Crippen LogP contribution in [0, 0.1) is 6.17 Å². The summed E-state index contributed by atoms with van der Waals surface area (Å²) in [4.78, 5) is 0. The number of hydrogen-bond acceptors (Lipinski definition) is 0. The molecule has 0 fully saturated rings. The van der Waals surface area contributed by atoms with Crippen LogP contribution in [0.4, 0.5) is 4.39 Å². The summed E-state index contributed by atoms with van der Waals surface area (Å²) in [5.41, 5.74) is 0. The first-order valence-electron chi connectivity index (χ1n) is 5.31. The van der Waals surface area contributed by atoms with Crippen molar-refractivity contribution in [3.8, 4) is 0 Å². The fraction of sp³-hybridized carbons (Fsp3) is 0.909. The molecule has 12 heavy (non-hydrogen) atoms. The van der Waals surface area contributed by atoms with Gasteiger partial charge in [0.1, 0.15) is 6.17 Å². The molecular weight excluding hydrogens is 151 g/mol. The Morgan fingerprint density at radius 1 is 0.833 bits per heavy atom. The zero-order valence-corrected chi connectivity index (χ0v) is 8.53. The van der Waals surface area contributed by atoms with Crippen molar-refractivity contribution in [2.45, 2.75) is 65.2 Å². The van der Waals surface area contributed by atoms with E-state index in [9.17, 15) is 4.39 Å². The van der Waals surface area contributed by atoms with Crippen LogP contribution < -0.4 is 0 Å². The Morgan fingerprint density at radius 3 is 1.58 bits per heavy atom. The molecule has 0 nitrogen and oxygen atoms in total. The van der Waals surface area contributed by atoms with Crippen molar-refractivity contribution in [3.63, 3.8) is 0 Å². The molecule has 0 spiro atoms. The van der Waals surface area contributed by atoms with E-state index < -0.39 is 0 Å². The highest BCUT2D eigenvalue weighted by Gasteiger charge is 2.05. The molecule has 0 saturated carbocycles. The molecule has 0 amide bonds. The van der Waals surface area contributed by atoms with Crippen molar-refractivity contribution in [2.24, 2.45) is 0 Å². The fourth-order valence-electron chi connectivity index (χ4n) is 1.26. The molecule has 0 aliphatic carbocycles. The van der Waals surface area contributed by atoms with Crippen LogP contribution in [0.1, 0.15) is 65.2 Å². The van der Waals surface area contributed by atoms with Gasteiger partial charge < -0.3 is 0 Å². The van der Waals surface area contributed by atoms with Crippen LogP contribution in [-0.4, -0.2) is 0 Å². The SMILES string of the molecule is CCCCC[C](F)CCCCC. The van der Waals surface area contributed by atoms with E-state index in [-0.39, 0.29) is 6.17 Å². The van der Waals surface area contributed by atoms with E-state index in [1.54, 1.807) is 0 Å². The lowest BCUT2D eigenvalue weighted by Gasteiger charge is -2.04. The molecular formula is C11H22F. The van der Waals surface area contributed by atoms with Crippen molar-refractivity contribution in [3.05, 3.63) is 6.17 Å². The van der Waals surface area contributed by atoms with Gasteiger partial charge in [0.25, 0.3) is 0 Å². The second kappa shape index (κ2) is 9.02. The van der Waals surface area contributed by atoms with Crippen molar-refractivity contribution in [1.82, 2.24) is 0 Å². The molecule has 0 atom stereocenters. The molecule has 73 valence electrons. The topological polar surface area (TPSA) is 0 Å². The normalized spacial score (nSPS) is 11.0. The van der Waals surface area contributed by atoms with Gasteiger partial charge >= 0.3 is 0 Å². The number of unbranched alkanes of at least 4 members (excludes halogenated alkanes) is 4. The Balaban J connectivity index is 3.04. The van der Waals surface area contributed by atoms with Crippen LogP contribution in [-0.2, 0) is 0 Å². The van der Waals surface area contributed by atoms with E-state index in [0.29, 0.717) is 12.8 Å². The van der Waals surface area contributed by atoms with E-state index in [0.717, 1.165) is 12.8 Å². The van der Waals surface area contributed by atoms with E-state index in [2.05, 4.69) is 13.8 Å². The third-order valence-corrected chi connectivity index (χ3v) is 2.10. The summed E-state index contributed by atoms with van der Waals surface area (Å²) < 4.78 is 13.0. The highest BCUT2D eigenvalue weighted by atomic mass is 19.1. The van der Waals surface area contributed by atoms with Gasteiger partial charge in [-0.1, -0.05) is 52.4 Å². The summed E-state index contributed by atoms with van der Waals surface area (Å²) >= 11 is 0. The summed E-state index contributed by atoms with van der Waals surface area (Å²) in [6.45, 7) is 4.30. The molecule has 0 aromatic rings. The van der Waals surface area contributed by atoms with E-state index >= 15 is 0 Å². The summed E-state index contributed by atoms with van der Waals surface area (Å²) in [6, 6.07) is 0. The van der Waals surface area contributed by atoms with Gasteiger partial charge in [0.15, 0.2) is 0 Å². The minimum atomic E-state index is 0.219. The Kier molecular flexibility index (Phi) is 8.97. The van der Waals surface area contributed by atoms with Crippen LogP contribution in [0.3, 0.4) is 0 Å². The molecule has 0 aliphatic heterocycles. The van der Waals surface area contributed by atoms with E-state index in [1.807, 2.05) is 0 Å². The lowest BCUT2D eigenvalue weighted by atomic mass is 10.1. The van der Waals surface area contributed by atoms with Crippen molar-refractivity contribution in [2.75, 3.05) is 0 Å². The first-order chi connectivity index (χ1) is 5.81. The molecule has 0 saturated heterocycles. The van der Waals surface area contributed by atoms with Gasteiger partial charge in [-0.3, -0.25) is 0 Å². The first kappa shape index (κ1) is 11.9. The number of halogens is 1. The molecule has 1 heteroatoms. The second-order valence-corrected chi connectivity index (χ2v) is 3.43. The van der Waals surface area contributed by atoms with Crippen LogP contribution >= 0.6 is 0 Å². The monoisotopic (exact) mass is 173 g/mol. The highest BCUT2D eigenvalue weighted by Crippen LogP contribution is 2.20. The highest BCUT2D eigenvalue weighted by molar-refractivity contribution is 4.75. The maximum atomic E-state index is 13.0. The predicted molar refractivity (Wildman–Crippen MR) is 52.6 cm³/mol. The van der Waals surface area contributed by atoms with E-state index in [4.69, 9.17) is 0 Å². The largest absolute Gasteiger partial charge is 0.240 e. The van der Waals surface area contributed by atoms with E-state index in [1.165, 1.54) is 25.7 Å². The number of rotatable bonds is 8. The molecule has 0 aliphatic rings.